The summed E-state index contributed by atoms with van der Waals surface area (Å²) in [4.78, 5) is 34.5. The highest BCUT2D eigenvalue weighted by Gasteiger charge is 2.33. The van der Waals surface area contributed by atoms with Crippen molar-refractivity contribution in [3.63, 3.8) is 0 Å². The zero-order chi connectivity index (χ0) is 38.9. The second-order valence-corrected chi connectivity index (χ2v) is 13.0. The zero-order valence-electron chi connectivity index (χ0n) is 31.8. The number of terminal acetylenes is 1. The molecule has 298 valence electrons. The van der Waals surface area contributed by atoms with Crippen molar-refractivity contribution in [3.05, 3.63) is 35.7 Å². The van der Waals surface area contributed by atoms with Gasteiger partial charge in [-0.2, -0.15) is 0 Å². The maximum Gasteiger partial charge on any atom is 0.219 e. The Labute approximate surface area is 316 Å². The van der Waals surface area contributed by atoms with Gasteiger partial charge in [0.2, 0.25) is 17.7 Å². The lowest BCUT2D eigenvalue weighted by molar-refractivity contribution is -0.121. The van der Waals surface area contributed by atoms with E-state index in [0.717, 1.165) is 38.5 Å². The van der Waals surface area contributed by atoms with Crippen LogP contribution in [0.3, 0.4) is 0 Å². The molecule has 0 radical (unpaired) electrons. The molecule has 0 aliphatic carbocycles. The lowest BCUT2D eigenvalue weighted by atomic mass is 9.92. The van der Waals surface area contributed by atoms with Gasteiger partial charge in [0.25, 0.3) is 0 Å². The molecule has 19 heteroatoms. The van der Waals surface area contributed by atoms with Gasteiger partial charge >= 0.3 is 0 Å². The number of unbranched alkanes of at least 4 members (excludes halogenated alkanes) is 3. The van der Waals surface area contributed by atoms with Crippen LogP contribution in [0, 0.1) is 17.8 Å². The van der Waals surface area contributed by atoms with Crippen LogP contribution < -0.4 is 16.0 Å². The Kier molecular flexibility index (Phi) is 20.4. The lowest BCUT2D eigenvalue weighted by Crippen LogP contribution is -2.41. The van der Waals surface area contributed by atoms with Gasteiger partial charge in [-0.15, -0.1) is 21.7 Å². The predicted molar refractivity (Wildman–Crippen MR) is 195 cm³/mol. The molecule has 0 aromatic carbocycles. The monoisotopic (exact) mass is 756 g/mol. The van der Waals surface area contributed by atoms with Crippen molar-refractivity contribution in [3.8, 4) is 12.3 Å². The van der Waals surface area contributed by atoms with E-state index >= 15 is 0 Å². The van der Waals surface area contributed by atoms with E-state index < -0.39 is 5.41 Å². The van der Waals surface area contributed by atoms with Crippen LogP contribution in [0.4, 0.5) is 0 Å². The van der Waals surface area contributed by atoms with E-state index in [4.69, 9.17) is 25.4 Å². The smallest absolute Gasteiger partial charge is 0.219 e. The van der Waals surface area contributed by atoms with Gasteiger partial charge in [-0.25, -0.2) is 0 Å². The molecule has 0 spiro atoms. The average Bonchev–Trinajstić information content (AvgIpc) is 3.95. The molecule has 0 atom stereocenters. The largest absolute Gasteiger partial charge is 0.374 e. The maximum atomic E-state index is 11.5. The Morgan fingerprint density at radius 2 is 0.926 bits per heavy atom. The highest BCUT2D eigenvalue weighted by molar-refractivity contribution is 5.76. The van der Waals surface area contributed by atoms with E-state index in [1.165, 1.54) is 0 Å². The fraction of sp³-hybridized carbons (Fsp3) is 0.686. The minimum absolute atomic E-state index is 0.0138. The van der Waals surface area contributed by atoms with Crippen LogP contribution in [0.2, 0.25) is 0 Å². The van der Waals surface area contributed by atoms with Crippen molar-refractivity contribution < 1.29 is 33.3 Å². The summed E-state index contributed by atoms with van der Waals surface area (Å²) >= 11 is 0. The first-order valence-electron chi connectivity index (χ1n) is 18.3. The SMILES string of the molecule is C#CCOCC(COCc1cn(CCCCC(=O)NC)nn1)(COCc1cn(CCCCC(=O)NC)nn1)COCc1cn(CCCCC(=O)NC)nn1. The van der Waals surface area contributed by atoms with Crippen molar-refractivity contribution in [1.29, 1.82) is 0 Å². The molecule has 54 heavy (non-hydrogen) atoms. The molecular formula is C35H56N12O7. The van der Waals surface area contributed by atoms with E-state index in [1.807, 2.05) is 18.6 Å². The number of hydrogen-bond donors (Lipinski definition) is 3. The third-order valence-corrected chi connectivity index (χ3v) is 8.29. The van der Waals surface area contributed by atoms with Crippen molar-refractivity contribution >= 4 is 17.7 Å². The highest BCUT2D eigenvalue weighted by Crippen LogP contribution is 2.23. The van der Waals surface area contributed by atoms with Crippen LogP contribution >= 0.6 is 0 Å². The molecule has 3 amide bonds. The van der Waals surface area contributed by atoms with E-state index in [0.29, 0.717) is 56.0 Å². The number of nitrogens with one attached hydrogen (secondary N) is 3. The van der Waals surface area contributed by atoms with Crippen LogP contribution in [0.5, 0.6) is 0 Å². The van der Waals surface area contributed by atoms with Crippen molar-refractivity contribution in [2.24, 2.45) is 5.41 Å². The van der Waals surface area contributed by atoms with Gasteiger partial charge in [-0.05, 0) is 38.5 Å². The summed E-state index contributed by atoms with van der Waals surface area (Å²) in [6.45, 7) is 3.33. The second kappa shape index (κ2) is 25.3. The third kappa shape index (κ3) is 17.4. The van der Waals surface area contributed by atoms with E-state index in [1.54, 1.807) is 35.2 Å². The molecule has 0 fully saturated rings. The number of ether oxygens (including phenoxy) is 4. The molecular weight excluding hydrogens is 700 g/mol. The maximum absolute atomic E-state index is 11.5. The molecule has 0 aliphatic rings. The first-order valence-corrected chi connectivity index (χ1v) is 18.3. The number of nitrogens with zero attached hydrogens (tertiary/aromatic N) is 9. The van der Waals surface area contributed by atoms with Gasteiger partial charge in [0.15, 0.2) is 0 Å². The quantitative estimate of drug-likeness (QED) is 0.0635. The summed E-state index contributed by atoms with van der Waals surface area (Å²) in [5.41, 5.74) is 1.18. The standard InChI is InChI=1S/C35H56N12O7/c1-5-18-51-25-35(26-52-22-29-19-45(42-39-29)15-9-6-12-32(48)36-2,27-53-23-30-20-46(43-40-30)16-10-7-13-33(49)37-3)28-54-24-31-21-47(44-41-31)17-11-8-14-34(50)38-4/h1,19-21H,6-18,22-28H2,2-4H3,(H,36,48)(H,37,49)(H,38,50). The zero-order valence-corrected chi connectivity index (χ0v) is 31.8. The number of carbonyl (C=O) groups is 3. The summed E-state index contributed by atoms with van der Waals surface area (Å²) < 4.78 is 29.6. The first kappa shape index (κ1) is 43.6. The normalized spacial score (nSPS) is 11.4. The summed E-state index contributed by atoms with van der Waals surface area (Å²) in [7, 11) is 4.88. The number of rotatable bonds is 30. The Morgan fingerprint density at radius 1 is 0.593 bits per heavy atom. The Bertz CT molecular complexity index is 1400. The highest BCUT2D eigenvalue weighted by atomic mass is 16.5. The van der Waals surface area contributed by atoms with E-state index in [2.05, 4.69) is 52.8 Å². The molecule has 3 rings (SSSR count). The van der Waals surface area contributed by atoms with E-state index in [-0.39, 0.29) is 70.6 Å². The van der Waals surface area contributed by atoms with Crippen LogP contribution in [-0.4, -0.2) is 117 Å². The van der Waals surface area contributed by atoms with Crippen LogP contribution in [0.1, 0.15) is 74.9 Å². The summed E-state index contributed by atoms with van der Waals surface area (Å²) in [6.07, 6.45) is 17.0. The van der Waals surface area contributed by atoms with Crippen LogP contribution in [0.15, 0.2) is 18.6 Å². The minimum Gasteiger partial charge on any atom is -0.374 e. The molecule has 3 N–H and O–H groups in total. The number of amides is 3. The Hall–Kier alpha value is -4.77. The molecule has 19 nitrogen and oxygen atoms in total. The van der Waals surface area contributed by atoms with Crippen LogP contribution in [-0.2, 0) is 72.8 Å². The predicted octanol–water partition coefficient (Wildman–Crippen LogP) is 0.796. The first-order chi connectivity index (χ1) is 26.3. The molecule has 3 aromatic rings. The fourth-order valence-corrected chi connectivity index (χ4v) is 5.29. The van der Waals surface area contributed by atoms with Crippen molar-refractivity contribution in [1.82, 2.24) is 60.9 Å². The number of aryl methyl sites for hydroxylation is 3. The lowest BCUT2D eigenvalue weighted by Gasteiger charge is -2.32. The molecule has 0 saturated heterocycles. The number of hydrogen-bond acceptors (Lipinski definition) is 13. The van der Waals surface area contributed by atoms with Gasteiger partial charge in [-0.3, -0.25) is 28.4 Å². The van der Waals surface area contributed by atoms with Crippen molar-refractivity contribution in [2.75, 3.05) is 54.2 Å². The second-order valence-electron chi connectivity index (χ2n) is 13.0. The minimum atomic E-state index is -0.779. The molecule has 0 aliphatic heterocycles. The third-order valence-electron chi connectivity index (χ3n) is 8.29. The molecule has 0 saturated carbocycles. The number of carbonyl (C=O) groups excluding carboxylic acids is 3. The molecule has 0 bridgehead atoms. The van der Waals surface area contributed by atoms with Gasteiger partial charge in [0, 0.05) is 60.0 Å². The molecule has 3 heterocycles. The molecule has 0 unspecified atom stereocenters. The molecule has 3 aromatic heterocycles. The number of aromatic nitrogens is 9. The van der Waals surface area contributed by atoms with E-state index in [9.17, 15) is 14.4 Å². The Morgan fingerprint density at radius 3 is 1.24 bits per heavy atom. The van der Waals surface area contributed by atoms with Gasteiger partial charge < -0.3 is 34.9 Å². The van der Waals surface area contributed by atoms with Gasteiger partial charge in [-0.1, -0.05) is 21.6 Å². The van der Waals surface area contributed by atoms with Crippen LogP contribution in [0.25, 0.3) is 0 Å². The Balaban J connectivity index is 1.60. The average molecular weight is 757 g/mol. The van der Waals surface area contributed by atoms with Crippen molar-refractivity contribution in [2.45, 2.75) is 97.2 Å². The fourth-order valence-electron chi connectivity index (χ4n) is 5.29. The summed E-state index contributed by atoms with van der Waals surface area (Å²) in [5, 5.41) is 33.2. The summed E-state index contributed by atoms with van der Waals surface area (Å²) in [6, 6.07) is 0. The summed E-state index contributed by atoms with van der Waals surface area (Å²) in [5.74, 6) is 2.55. The van der Waals surface area contributed by atoms with Gasteiger partial charge in [0.05, 0.1) is 70.3 Å². The topological polar surface area (TPSA) is 216 Å². The van der Waals surface area contributed by atoms with Gasteiger partial charge in [0.1, 0.15) is 23.7 Å².